The van der Waals surface area contributed by atoms with Crippen LogP contribution in [-0.4, -0.2) is 16.1 Å². The number of aromatic amines is 1. The number of hydrogen-bond donors (Lipinski definition) is 2. The lowest BCUT2D eigenvalue weighted by molar-refractivity contribution is -0.136. The minimum Gasteiger partial charge on any atom is -0.481 e. The zero-order valence-electron chi connectivity index (χ0n) is 12.2. The quantitative estimate of drug-likeness (QED) is 0.726. The first-order chi connectivity index (χ1) is 10.5. The molecule has 0 unspecified atom stereocenters. The molecule has 0 aliphatic carbocycles. The third kappa shape index (κ3) is 3.00. The van der Waals surface area contributed by atoms with Gasteiger partial charge in [0.1, 0.15) is 0 Å². The topological polar surface area (TPSA) is 53.1 Å². The average Bonchev–Trinajstić information content (AvgIpc) is 2.87. The molecule has 3 aromatic rings. The third-order valence-corrected chi connectivity index (χ3v) is 4.03. The van der Waals surface area contributed by atoms with E-state index >= 15 is 0 Å². The van der Waals surface area contributed by atoms with Gasteiger partial charge in [-0.05, 0) is 54.8 Å². The summed E-state index contributed by atoms with van der Waals surface area (Å²) in [7, 11) is 0. The van der Waals surface area contributed by atoms with E-state index < -0.39 is 5.97 Å². The molecule has 2 aromatic carbocycles. The minimum absolute atomic E-state index is 0.152. The zero-order chi connectivity index (χ0) is 15.7. The van der Waals surface area contributed by atoms with Crippen LogP contribution in [0.15, 0.2) is 42.5 Å². The summed E-state index contributed by atoms with van der Waals surface area (Å²) in [5.74, 6) is -0.772. The summed E-state index contributed by atoms with van der Waals surface area (Å²) in [5.41, 5.74) is 5.36. The van der Waals surface area contributed by atoms with E-state index in [1.165, 1.54) is 0 Å². The molecule has 3 nitrogen and oxygen atoms in total. The molecule has 0 saturated carbocycles. The predicted octanol–water partition coefficient (Wildman–Crippen LogP) is 4.81. The second-order valence-corrected chi connectivity index (χ2v) is 5.89. The van der Waals surface area contributed by atoms with Crippen LogP contribution in [0.1, 0.15) is 17.5 Å². The lowest BCUT2D eigenvalue weighted by atomic mass is 10.1. The highest BCUT2D eigenvalue weighted by atomic mass is 35.5. The summed E-state index contributed by atoms with van der Waals surface area (Å²) in [5, 5.41) is 10.6. The highest BCUT2D eigenvalue weighted by Gasteiger charge is 2.08. The monoisotopic (exact) mass is 313 g/mol. The number of aliphatic carboxylic acids is 1. The summed E-state index contributed by atoms with van der Waals surface area (Å²) < 4.78 is 0. The molecular formula is C18H16ClNO2. The molecule has 0 radical (unpaired) electrons. The summed E-state index contributed by atoms with van der Waals surface area (Å²) >= 11 is 6.01. The first-order valence-electron chi connectivity index (χ1n) is 7.13. The van der Waals surface area contributed by atoms with Crippen molar-refractivity contribution in [3.05, 3.63) is 58.6 Å². The van der Waals surface area contributed by atoms with E-state index in [0.29, 0.717) is 6.42 Å². The Morgan fingerprint density at radius 1 is 1.18 bits per heavy atom. The SMILES string of the molecule is Cc1cc(Cl)ccc1-c1cc2cc(CCC(=O)O)ccc2[nH]1. The van der Waals surface area contributed by atoms with Crippen molar-refractivity contribution in [3.63, 3.8) is 0 Å². The molecule has 0 bridgehead atoms. The molecule has 0 spiro atoms. The molecule has 0 aliphatic heterocycles. The van der Waals surface area contributed by atoms with Gasteiger partial charge in [-0.15, -0.1) is 0 Å². The maximum atomic E-state index is 10.7. The van der Waals surface area contributed by atoms with Crippen LogP contribution in [0, 0.1) is 6.92 Å². The van der Waals surface area contributed by atoms with Gasteiger partial charge in [0.2, 0.25) is 0 Å². The summed E-state index contributed by atoms with van der Waals surface area (Å²) in [6.45, 7) is 2.03. The minimum atomic E-state index is -0.772. The number of fused-ring (bicyclic) bond motifs is 1. The van der Waals surface area contributed by atoms with Gasteiger partial charge in [0, 0.05) is 33.6 Å². The fraction of sp³-hybridized carbons (Fsp3) is 0.167. The molecule has 0 fully saturated rings. The molecular weight excluding hydrogens is 298 g/mol. The van der Waals surface area contributed by atoms with E-state index in [9.17, 15) is 4.79 Å². The Kier molecular flexibility index (Phi) is 3.90. The highest BCUT2D eigenvalue weighted by Crippen LogP contribution is 2.29. The van der Waals surface area contributed by atoms with E-state index in [1.807, 2.05) is 43.3 Å². The standard InChI is InChI=1S/C18H16ClNO2/c1-11-8-14(19)4-5-15(11)17-10-13-9-12(3-7-18(21)22)2-6-16(13)20-17/h2,4-6,8-10,20H,3,7H2,1H3,(H,21,22). The van der Waals surface area contributed by atoms with Crippen molar-refractivity contribution < 1.29 is 9.90 Å². The van der Waals surface area contributed by atoms with Crippen LogP contribution in [0.3, 0.4) is 0 Å². The summed E-state index contributed by atoms with van der Waals surface area (Å²) in [4.78, 5) is 14.1. The lowest BCUT2D eigenvalue weighted by Crippen LogP contribution is -1.96. The Morgan fingerprint density at radius 2 is 2.00 bits per heavy atom. The van der Waals surface area contributed by atoms with Crippen LogP contribution in [0.4, 0.5) is 0 Å². The molecule has 1 heterocycles. The van der Waals surface area contributed by atoms with E-state index in [4.69, 9.17) is 16.7 Å². The molecule has 0 aliphatic rings. The number of carboxylic acid groups (broad SMARTS) is 1. The normalized spacial score (nSPS) is 11.0. The van der Waals surface area contributed by atoms with Gasteiger partial charge >= 0.3 is 5.97 Å². The van der Waals surface area contributed by atoms with Crippen LogP contribution in [-0.2, 0) is 11.2 Å². The molecule has 3 rings (SSSR count). The number of carboxylic acids is 1. The van der Waals surface area contributed by atoms with Gasteiger partial charge in [0.15, 0.2) is 0 Å². The van der Waals surface area contributed by atoms with Crippen LogP contribution in [0.2, 0.25) is 5.02 Å². The number of hydrogen-bond acceptors (Lipinski definition) is 1. The zero-order valence-corrected chi connectivity index (χ0v) is 12.9. The van der Waals surface area contributed by atoms with Crippen LogP contribution >= 0.6 is 11.6 Å². The van der Waals surface area contributed by atoms with Gasteiger partial charge in [0.05, 0.1) is 0 Å². The predicted molar refractivity (Wildman–Crippen MR) is 89.4 cm³/mol. The Morgan fingerprint density at radius 3 is 2.73 bits per heavy atom. The molecule has 0 amide bonds. The number of halogens is 1. The van der Waals surface area contributed by atoms with Crippen LogP contribution in [0.5, 0.6) is 0 Å². The number of rotatable bonds is 4. The Hall–Kier alpha value is -2.26. The van der Waals surface area contributed by atoms with E-state index in [0.717, 1.165) is 38.3 Å². The van der Waals surface area contributed by atoms with Crippen molar-refractivity contribution >= 4 is 28.5 Å². The summed E-state index contributed by atoms with van der Waals surface area (Å²) in [6, 6.07) is 13.9. The van der Waals surface area contributed by atoms with Gasteiger partial charge in [-0.25, -0.2) is 0 Å². The first kappa shape index (κ1) is 14.7. The first-order valence-corrected chi connectivity index (χ1v) is 7.51. The van der Waals surface area contributed by atoms with Gasteiger partial charge < -0.3 is 10.1 Å². The number of carbonyl (C=O) groups is 1. The van der Waals surface area contributed by atoms with Crippen molar-refractivity contribution in [2.24, 2.45) is 0 Å². The molecule has 0 saturated heterocycles. The van der Waals surface area contributed by atoms with Crippen molar-refractivity contribution in [3.8, 4) is 11.3 Å². The molecule has 2 N–H and O–H groups in total. The number of aromatic nitrogens is 1. The number of nitrogens with one attached hydrogen (secondary N) is 1. The lowest BCUT2D eigenvalue weighted by Gasteiger charge is -2.03. The number of H-pyrrole nitrogens is 1. The number of aryl methyl sites for hydroxylation is 2. The maximum absolute atomic E-state index is 10.7. The van der Waals surface area contributed by atoms with Crippen molar-refractivity contribution in [1.29, 1.82) is 0 Å². The number of benzene rings is 2. The Labute approximate surface area is 133 Å². The van der Waals surface area contributed by atoms with E-state index in [-0.39, 0.29) is 6.42 Å². The fourth-order valence-corrected chi connectivity index (χ4v) is 2.89. The van der Waals surface area contributed by atoms with Gasteiger partial charge in [-0.3, -0.25) is 4.79 Å². The largest absolute Gasteiger partial charge is 0.481 e. The Balaban J connectivity index is 1.97. The molecule has 4 heteroatoms. The molecule has 22 heavy (non-hydrogen) atoms. The van der Waals surface area contributed by atoms with E-state index in [1.54, 1.807) is 0 Å². The van der Waals surface area contributed by atoms with Crippen molar-refractivity contribution in [2.75, 3.05) is 0 Å². The average molecular weight is 314 g/mol. The van der Waals surface area contributed by atoms with Crippen molar-refractivity contribution in [1.82, 2.24) is 4.98 Å². The third-order valence-electron chi connectivity index (χ3n) is 3.79. The highest BCUT2D eigenvalue weighted by molar-refractivity contribution is 6.30. The smallest absolute Gasteiger partial charge is 0.303 e. The molecule has 1 aromatic heterocycles. The second-order valence-electron chi connectivity index (χ2n) is 5.46. The maximum Gasteiger partial charge on any atom is 0.303 e. The van der Waals surface area contributed by atoms with Crippen LogP contribution < -0.4 is 0 Å². The fourth-order valence-electron chi connectivity index (χ4n) is 2.66. The van der Waals surface area contributed by atoms with Gasteiger partial charge in [-0.2, -0.15) is 0 Å². The van der Waals surface area contributed by atoms with Gasteiger partial charge in [-0.1, -0.05) is 23.7 Å². The molecule has 112 valence electrons. The summed E-state index contributed by atoms with van der Waals surface area (Å²) in [6.07, 6.45) is 0.699. The van der Waals surface area contributed by atoms with E-state index in [2.05, 4.69) is 11.1 Å². The Bertz CT molecular complexity index is 851. The van der Waals surface area contributed by atoms with Crippen LogP contribution in [0.25, 0.3) is 22.2 Å². The van der Waals surface area contributed by atoms with Crippen molar-refractivity contribution in [2.45, 2.75) is 19.8 Å². The second kappa shape index (κ2) is 5.85. The molecule has 0 atom stereocenters. The van der Waals surface area contributed by atoms with Gasteiger partial charge in [0.25, 0.3) is 0 Å².